The number of carbonyl (C=O) groups excluding carboxylic acids is 2. The maximum Gasteiger partial charge on any atom is 0.266 e. The molecule has 26 heavy (non-hydrogen) atoms. The summed E-state index contributed by atoms with van der Waals surface area (Å²) in [6.07, 6.45) is 1.99. The number of fused-ring (bicyclic) bond motifs is 1. The van der Waals surface area contributed by atoms with Crippen molar-refractivity contribution in [3.8, 4) is 5.75 Å². The maximum absolute atomic E-state index is 12.7. The second kappa shape index (κ2) is 7.88. The first-order chi connectivity index (χ1) is 12.5. The van der Waals surface area contributed by atoms with Crippen LogP contribution >= 0.6 is 24.0 Å². The van der Waals surface area contributed by atoms with Gasteiger partial charge in [0.15, 0.2) is 0 Å². The molecule has 1 fully saturated rings. The van der Waals surface area contributed by atoms with Gasteiger partial charge in [0.05, 0.1) is 12.0 Å². The molecule has 3 rings (SSSR count). The van der Waals surface area contributed by atoms with E-state index >= 15 is 0 Å². The van der Waals surface area contributed by atoms with Gasteiger partial charge in [0.1, 0.15) is 10.1 Å². The van der Waals surface area contributed by atoms with Crippen LogP contribution in [0.4, 0.5) is 0 Å². The molecule has 7 heteroatoms. The Labute approximate surface area is 160 Å². The number of methoxy groups -OCH3 is 1. The molecule has 2 aromatic rings. The Bertz CT molecular complexity index is 923. The fraction of sp³-hybridized carbons (Fsp3) is 0.211. The van der Waals surface area contributed by atoms with Crippen molar-refractivity contribution in [1.29, 1.82) is 0 Å². The third-order valence-corrected chi connectivity index (χ3v) is 5.44. The Kier molecular flexibility index (Phi) is 5.58. The average Bonchev–Trinajstić information content (AvgIpc) is 2.89. The van der Waals surface area contributed by atoms with Gasteiger partial charge in [-0.25, -0.2) is 0 Å². The van der Waals surface area contributed by atoms with E-state index in [1.165, 1.54) is 16.7 Å². The molecular formula is C19H16NO4S2-. The molecule has 0 aromatic heterocycles. The van der Waals surface area contributed by atoms with Crippen LogP contribution in [0.1, 0.15) is 18.4 Å². The van der Waals surface area contributed by atoms with Gasteiger partial charge < -0.3 is 14.6 Å². The molecule has 0 atom stereocenters. The minimum atomic E-state index is -1.13. The number of amides is 1. The summed E-state index contributed by atoms with van der Waals surface area (Å²) in [4.78, 5) is 25.2. The van der Waals surface area contributed by atoms with Gasteiger partial charge in [0, 0.05) is 18.1 Å². The van der Waals surface area contributed by atoms with E-state index in [1.54, 1.807) is 13.2 Å². The Balaban J connectivity index is 1.93. The Morgan fingerprint density at radius 1 is 1.31 bits per heavy atom. The van der Waals surface area contributed by atoms with E-state index in [1.807, 2.05) is 36.4 Å². The first kappa shape index (κ1) is 18.4. The van der Waals surface area contributed by atoms with E-state index in [0.29, 0.717) is 21.4 Å². The SMILES string of the molecule is COc1ccc2ccccc2c1/C=C1\SC(=S)N(CCCC(=O)[O-])C1=O. The van der Waals surface area contributed by atoms with Crippen molar-refractivity contribution in [3.05, 3.63) is 46.9 Å². The summed E-state index contributed by atoms with van der Waals surface area (Å²) in [6.45, 7) is 0.267. The number of thioether (sulfide) groups is 1. The normalized spacial score (nSPS) is 15.9. The van der Waals surface area contributed by atoms with Gasteiger partial charge in [0.25, 0.3) is 5.91 Å². The van der Waals surface area contributed by atoms with Gasteiger partial charge in [-0.2, -0.15) is 0 Å². The molecule has 0 saturated carbocycles. The number of carbonyl (C=O) groups is 2. The van der Waals surface area contributed by atoms with Crippen LogP contribution in [-0.2, 0) is 9.59 Å². The standard InChI is InChI=1S/C19H17NO4S2/c1-24-15-9-8-12-5-2-3-6-13(12)14(15)11-16-18(23)20(19(25)26-16)10-4-7-17(21)22/h2-3,5-6,8-9,11H,4,7,10H2,1H3,(H,21,22)/p-1/b16-11-. The van der Waals surface area contributed by atoms with Gasteiger partial charge in [-0.1, -0.05) is 54.3 Å². The monoisotopic (exact) mass is 386 g/mol. The lowest BCUT2D eigenvalue weighted by atomic mass is 10.0. The second-order valence-corrected chi connectivity index (χ2v) is 7.39. The summed E-state index contributed by atoms with van der Waals surface area (Å²) in [6, 6.07) is 11.7. The number of hydrogen-bond donors (Lipinski definition) is 0. The summed E-state index contributed by atoms with van der Waals surface area (Å²) in [5.41, 5.74) is 0.820. The van der Waals surface area contributed by atoms with Crippen LogP contribution in [-0.4, -0.2) is 34.8 Å². The van der Waals surface area contributed by atoms with Gasteiger partial charge in [0.2, 0.25) is 0 Å². The smallest absolute Gasteiger partial charge is 0.266 e. The first-order valence-corrected chi connectivity index (χ1v) is 9.24. The summed E-state index contributed by atoms with van der Waals surface area (Å²) in [5, 5.41) is 12.6. The van der Waals surface area contributed by atoms with E-state index in [4.69, 9.17) is 17.0 Å². The van der Waals surface area contributed by atoms with E-state index in [2.05, 4.69) is 0 Å². The molecule has 0 spiro atoms. The highest BCUT2D eigenvalue weighted by molar-refractivity contribution is 8.26. The van der Waals surface area contributed by atoms with Crippen molar-refractivity contribution >= 4 is 57.0 Å². The van der Waals surface area contributed by atoms with E-state index in [9.17, 15) is 14.7 Å². The predicted octanol–water partition coefficient (Wildman–Crippen LogP) is 2.58. The fourth-order valence-corrected chi connectivity index (χ4v) is 4.10. The zero-order valence-corrected chi connectivity index (χ0v) is 15.7. The number of carboxylic acid groups (broad SMARTS) is 1. The quantitative estimate of drug-likeness (QED) is 0.561. The Morgan fingerprint density at radius 2 is 2.08 bits per heavy atom. The molecule has 1 amide bonds. The summed E-state index contributed by atoms with van der Waals surface area (Å²) in [5.74, 6) is -0.675. The number of aliphatic carboxylic acids is 1. The lowest BCUT2D eigenvalue weighted by Gasteiger charge is -2.14. The molecule has 0 radical (unpaired) electrons. The van der Waals surface area contributed by atoms with Gasteiger partial charge in [-0.3, -0.25) is 9.69 Å². The fourth-order valence-electron chi connectivity index (χ4n) is 2.81. The lowest BCUT2D eigenvalue weighted by molar-refractivity contribution is -0.305. The topological polar surface area (TPSA) is 69.7 Å². The Morgan fingerprint density at radius 3 is 2.81 bits per heavy atom. The number of thiocarbonyl (C=S) groups is 1. The van der Waals surface area contributed by atoms with Crippen LogP contribution in [0.5, 0.6) is 5.75 Å². The average molecular weight is 386 g/mol. The third-order valence-electron chi connectivity index (χ3n) is 4.06. The van der Waals surface area contributed by atoms with Crippen molar-refractivity contribution in [2.75, 3.05) is 13.7 Å². The highest BCUT2D eigenvalue weighted by Gasteiger charge is 2.31. The van der Waals surface area contributed by atoms with Crippen LogP contribution < -0.4 is 9.84 Å². The molecule has 0 aliphatic carbocycles. The van der Waals surface area contributed by atoms with Gasteiger partial charge in [-0.15, -0.1) is 0 Å². The molecule has 0 N–H and O–H groups in total. The van der Waals surface area contributed by atoms with E-state index in [0.717, 1.165) is 16.3 Å². The highest BCUT2D eigenvalue weighted by atomic mass is 32.2. The lowest BCUT2D eigenvalue weighted by Crippen LogP contribution is -2.30. The number of carboxylic acids is 1. The summed E-state index contributed by atoms with van der Waals surface area (Å²) < 4.78 is 5.89. The van der Waals surface area contributed by atoms with Crippen LogP contribution in [0.3, 0.4) is 0 Å². The number of ether oxygens (including phenoxy) is 1. The van der Waals surface area contributed by atoms with Gasteiger partial charge >= 0.3 is 0 Å². The van der Waals surface area contributed by atoms with Crippen molar-refractivity contribution < 1.29 is 19.4 Å². The minimum Gasteiger partial charge on any atom is -0.550 e. The van der Waals surface area contributed by atoms with Crippen molar-refractivity contribution in [2.45, 2.75) is 12.8 Å². The zero-order valence-electron chi connectivity index (χ0n) is 14.1. The van der Waals surface area contributed by atoms with Crippen molar-refractivity contribution in [3.63, 3.8) is 0 Å². The summed E-state index contributed by atoms with van der Waals surface area (Å²) >= 11 is 6.49. The molecule has 1 saturated heterocycles. The van der Waals surface area contributed by atoms with E-state index in [-0.39, 0.29) is 18.9 Å². The zero-order chi connectivity index (χ0) is 18.7. The van der Waals surface area contributed by atoms with Crippen LogP contribution in [0, 0.1) is 0 Å². The maximum atomic E-state index is 12.7. The second-order valence-electron chi connectivity index (χ2n) is 5.71. The molecular weight excluding hydrogens is 370 g/mol. The predicted molar refractivity (Wildman–Crippen MR) is 105 cm³/mol. The highest BCUT2D eigenvalue weighted by Crippen LogP contribution is 2.36. The molecule has 1 aliphatic rings. The molecule has 0 unspecified atom stereocenters. The van der Waals surface area contributed by atoms with Gasteiger partial charge in [-0.05, 0) is 35.8 Å². The first-order valence-electron chi connectivity index (χ1n) is 8.02. The number of rotatable bonds is 6. The minimum absolute atomic E-state index is 0.104. The molecule has 134 valence electrons. The van der Waals surface area contributed by atoms with Crippen LogP contribution in [0.25, 0.3) is 16.8 Å². The van der Waals surface area contributed by atoms with Crippen LogP contribution in [0.15, 0.2) is 41.3 Å². The number of nitrogens with zero attached hydrogens (tertiary/aromatic N) is 1. The Hall–Kier alpha value is -2.38. The molecule has 0 bridgehead atoms. The molecule has 5 nitrogen and oxygen atoms in total. The van der Waals surface area contributed by atoms with E-state index < -0.39 is 5.97 Å². The molecule has 1 heterocycles. The molecule has 1 aliphatic heterocycles. The van der Waals surface area contributed by atoms with Crippen molar-refractivity contribution in [2.24, 2.45) is 0 Å². The number of benzene rings is 2. The summed E-state index contributed by atoms with van der Waals surface area (Å²) in [7, 11) is 1.59. The van der Waals surface area contributed by atoms with Crippen LogP contribution in [0.2, 0.25) is 0 Å². The third kappa shape index (κ3) is 3.73. The van der Waals surface area contributed by atoms with Crippen molar-refractivity contribution in [1.82, 2.24) is 4.90 Å². The largest absolute Gasteiger partial charge is 0.550 e. The molecule has 2 aromatic carbocycles. The number of hydrogen-bond acceptors (Lipinski definition) is 6.